The average Bonchev–Trinajstić information content (AvgIpc) is 2.75. The maximum absolute atomic E-state index is 12.7. The minimum absolute atomic E-state index is 0.241. The van der Waals surface area contributed by atoms with Crippen molar-refractivity contribution in [2.24, 2.45) is 5.16 Å². The van der Waals surface area contributed by atoms with E-state index in [9.17, 15) is 14.4 Å². The number of carbonyl (C=O) groups is 3. The molecule has 0 aromatic heterocycles. The number of rotatable bonds is 6. The number of nitrogens with zero attached hydrogens (tertiary/aromatic N) is 1. The van der Waals surface area contributed by atoms with Gasteiger partial charge in [0.05, 0.1) is 0 Å². The van der Waals surface area contributed by atoms with Gasteiger partial charge in [-0.3, -0.25) is 14.4 Å². The monoisotopic (exact) mass is 373 g/mol. The van der Waals surface area contributed by atoms with E-state index in [4.69, 9.17) is 4.74 Å². The van der Waals surface area contributed by atoms with Crippen LogP contribution in [0.2, 0.25) is 0 Å². The van der Waals surface area contributed by atoms with Crippen molar-refractivity contribution >= 4 is 23.4 Å². The molecule has 0 N–H and O–H groups in total. The third kappa shape index (κ3) is 4.76. The molecule has 0 aliphatic carbocycles. The molecule has 3 rings (SSSR count). The van der Waals surface area contributed by atoms with Crippen molar-refractivity contribution in [2.75, 3.05) is 0 Å². The highest BCUT2D eigenvalue weighted by atomic mass is 16.8. The molecular formula is C22H15NO5. The normalized spacial score (nSPS) is 9.86. The summed E-state index contributed by atoms with van der Waals surface area (Å²) in [5.74, 6) is -1.09. The number of Topliss-reactive ketones (excluding diaryl/α,β-unsaturated/α-hetero) is 2. The van der Waals surface area contributed by atoms with Crippen molar-refractivity contribution in [3.05, 3.63) is 102 Å². The predicted octanol–water partition coefficient (Wildman–Crippen LogP) is 4.32. The molecule has 28 heavy (non-hydrogen) atoms. The van der Waals surface area contributed by atoms with Crippen LogP contribution in [0.15, 0.2) is 96.2 Å². The predicted molar refractivity (Wildman–Crippen MR) is 103 cm³/mol. The van der Waals surface area contributed by atoms with Crippen molar-refractivity contribution in [2.45, 2.75) is 0 Å². The van der Waals surface area contributed by atoms with Crippen LogP contribution < -0.4 is 4.74 Å². The molecular weight excluding hydrogens is 358 g/mol. The van der Waals surface area contributed by atoms with Gasteiger partial charge in [-0.05, 0) is 12.1 Å². The minimum atomic E-state index is -1.16. The SMILES string of the molecule is O=C(ON=C(C(=O)c1ccccc1)C(=O)c1ccccc1)Oc1ccccc1. The van der Waals surface area contributed by atoms with Crippen LogP contribution in [0.1, 0.15) is 20.7 Å². The van der Waals surface area contributed by atoms with E-state index in [1.807, 2.05) is 0 Å². The Morgan fingerprint density at radius 2 is 1.04 bits per heavy atom. The van der Waals surface area contributed by atoms with Gasteiger partial charge in [-0.15, -0.1) is 0 Å². The Balaban J connectivity index is 1.85. The van der Waals surface area contributed by atoms with Gasteiger partial charge in [-0.25, -0.2) is 4.79 Å². The second kappa shape index (κ2) is 9.05. The summed E-state index contributed by atoms with van der Waals surface area (Å²) in [6.07, 6.45) is -1.16. The van der Waals surface area contributed by atoms with E-state index in [1.165, 1.54) is 0 Å². The van der Waals surface area contributed by atoms with Crippen molar-refractivity contribution in [1.29, 1.82) is 0 Å². The van der Waals surface area contributed by atoms with Crippen LogP contribution in [0.25, 0.3) is 0 Å². The number of ketones is 2. The Bertz CT molecular complexity index is 945. The molecule has 0 aliphatic heterocycles. The molecule has 6 nitrogen and oxygen atoms in total. The Labute approximate surface area is 161 Å². The van der Waals surface area contributed by atoms with E-state index in [-0.39, 0.29) is 16.9 Å². The first-order valence-electron chi connectivity index (χ1n) is 8.36. The number of ether oxygens (including phenoxy) is 1. The Morgan fingerprint density at radius 3 is 1.50 bits per heavy atom. The number of carbonyl (C=O) groups excluding carboxylic acids is 3. The third-order valence-electron chi connectivity index (χ3n) is 3.66. The zero-order valence-electron chi connectivity index (χ0n) is 14.6. The summed E-state index contributed by atoms with van der Waals surface area (Å²) in [7, 11) is 0. The fourth-order valence-corrected chi connectivity index (χ4v) is 2.32. The summed E-state index contributed by atoms with van der Waals surface area (Å²) < 4.78 is 4.94. The minimum Gasteiger partial charge on any atom is -0.393 e. The fraction of sp³-hybridized carbons (Fsp3) is 0. The maximum Gasteiger partial charge on any atom is 0.540 e. The van der Waals surface area contributed by atoms with Crippen molar-refractivity contribution < 1.29 is 24.0 Å². The van der Waals surface area contributed by atoms with Crippen LogP contribution in [0, 0.1) is 0 Å². The number of hydrogen-bond donors (Lipinski definition) is 0. The lowest BCUT2D eigenvalue weighted by atomic mass is 9.99. The standard InChI is InChI=1S/C22H15NO5/c24-20(16-10-4-1-5-11-16)19(21(25)17-12-6-2-7-13-17)23-28-22(26)27-18-14-8-3-9-15-18/h1-15H. The number of para-hydroxylation sites is 1. The van der Waals surface area contributed by atoms with E-state index in [1.54, 1.807) is 91.0 Å². The molecule has 0 atom stereocenters. The molecule has 0 unspecified atom stereocenters. The lowest BCUT2D eigenvalue weighted by Crippen LogP contribution is -2.26. The Kier molecular flexibility index (Phi) is 6.05. The lowest BCUT2D eigenvalue weighted by Gasteiger charge is -2.06. The van der Waals surface area contributed by atoms with E-state index >= 15 is 0 Å². The van der Waals surface area contributed by atoms with Crippen molar-refractivity contribution in [3.8, 4) is 5.75 Å². The Hall–Kier alpha value is -4.06. The highest BCUT2D eigenvalue weighted by Crippen LogP contribution is 2.11. The summed E-state index contributed by atoms with van der Waals surface area (Å²) >= 11 is 0. The number of hydrogen-bond acceptors (Lipinski definition) is 6. The molecule has 0 bridgehead atoms. The molecule has 0 spiro atoms. The lowest BCUT2D eigenvalue weighted by molar-refractivity contribution is 0.0954. The molecule has 6 heteroatoms. The highest BCUT2D eigenvalue weighted by Gasteiger charge is 2.25. The van der Waals surface area contributed by atoms with Crippen LogP contribution in [0.4, 0.5) is 4.79 Å². The number of benzene rings is 3. The van der Waals surface area contributed by atoms with Gasteiger partial charge in [0, 0.05) is 11.1 Å². The quantitative estimate of drug-likeness (QED) is 0.122. The van der Waals surface area contributed by atoms with Crippen molar-refractivity contribution in [1.82, 2.24) is 0 Å². The first kappa shape index (κ1) is 18.7. The molecule has 0 fully saturated rings. The molecule has 0 saturated carbocycles. The summed E-state index contributed by atoms with van der Waals surface area (Å²) in [5, 5.41) is 3.52. The van der Waals surface area contributed by atoms with Crippen LogP contribution >= 0.6 is 0 Å². The fourth-order valence-electron chi connectivity index (χ4n) is 2.32. The van der Waals surface area contributed by atoms with E-state index < -0.39 is 23.4 Å². The van der Waals surface area contributed by atoms with E-state index in [2.05, 4.69) is 9.99 Å². The van der Waals surface area contributed by atoms with Gasteiger partial charge < -0.3 is 4.74 Å². The van der Waals surface area contributed by atoms with Crippen molar-refractivity contribution in [3.63, 3.8) is 0 Å². The smallest absolute Gasteiger partial charge is 0.393 e. The van der Waals surface area contributed by atoms with Crippen LogP contribution in [-0.2, 0) is 4.84 Å². The zero-order chi connectivity index (χ0) is 19.8. The van der Waals surface area contributed by atoms with Gasteiger partial charge in [0.1, 0.15) is 5.75 Å². The highest BCUT2D eigenvalue weighted by molar-refractivity contribution is 6.71. The van der Waals surface area contributed by atoms with Gasteiger partial charge >= 0.3 is 6.16 Å². The van der Waals surface area contributed by atoms with E-state index in [0.29, 0.717) is 0 Å². The van der Waals surface area contributed by atoms with Crippen LogP contribution in [-0.4, -0.2) is 23.4 Å². The second-order valence-corrected chi connectivity index (χ2v) is 5.59. The first-order chi connectivity index (χ1) is 13.6. The number of oxime groups is 1. The topological polar surface area (TPSA) is 82.0 Å². The van der Waals surface area contributed by atoms with Gasteiger partial charge in [0.25, 0.3) is 0 Å². The van der Waals surface area contributed by atoms with Gasteiger partial charge in [-0.1, -0.05) is 84.0 Å². The molecule has 0 heterocycles. The molecule has 0 saturated heterocycles. The molecule has 138 valence electrons. The molecule has 0 radical (unpaired) electrons. The van der Waals surface area contributed by atoms with Gasteiger partial charge in [0.15, 0.2) is 5.71 Å². The van der Waals surface area contributed by atoms with E-state index in [0.717, 1.165) is 0 Å². The maximum atomic E-state index is 12.7. The zero-order valence-corrected chi connectivity index (χ0v) is 14.6. The van der Waals surface area contributed by atoms with Gasteiger partial charge in [0.2, 0.25) is 11.6 Å². The third-order valence-corrected chi connectivity index (χ3v) is 3.66. The molecule has 3 aromatic rings. The second-order valence-electron chi connectivity index (χ2n) is 5.59. The first-order valence-corrected chi connectivity index (χ1v) is 8.36. The summed E-state index contributed by atoms with van der Waals surface area (Å²) in [4.78, 5) is 42.0. The Morgan fingerprint density at radius 1 is 0.607 bits per heavy atom. The molecule has 0 amide bonds. The van der Waals surface area contributed by atoms with Gasteiger partial charge in [-0.2, -0.15) is 0 Å². The molecule has 3 aromatic carbocycles. The van der Waals surface area contributed by atoms with Crippen LogP contribution in [0.3, 0.4) is 0 Å². The summed E-state index contributed by atoms with van der Waals surface area (Å²) in [6, 6.07) is 24.5. The average molecular weight is 373 g/mol. The summed E-state index contributed by atoms with van der Waals surface area (Å²) in [6.45, 7) is 0. The summed E-state index contributed by atoms with van der Waals surface area (Å²) in [5.41, 5.74) is -0.0430. The molecule has 0 aliphatic rings. The largest absolute Gasteiger partial charge is 0.540 e. The van der Waals surface area contributed by atoms with Crippen LogP contribution in [0.5, 0.6) is 5.75 Å².